The summed E-state index contributed by atoms with van der Waals surface area (Å²) in [5, 5.41) is 7.23. The van der Waals surface area contributed by atoms with Crippen molar-refractivity contribution < 1.29 is 4.39 Å². The Morgan fingerprint density at radius 2 is 1.90 bits per heavy atom. The van der Waals surface area contributed by atoms with Gasteiger partial charge in [-0.05, 0) is 30.2 Å². The fourth-order valence-electron chi connectivity index (χ4n) is 2.46. The number of hydrogen-bond donors (Lipinski definition) is 2. The highest BCUT2D eigenvalue weighted by atomic mass is 19.1. The zero-order valence-electron chi connectivity index (χ0n) is 11.7. The molecule has 1 heterocycles. The third-order valence-corrected chi connectivity index (χ3v) is 3.53. The molecule has 0 aliphatic heterocycles. The van der Waals surface area contributed by atoms with E-state index >= 15 is 0 Å². The fraction of sp³-hybridized carbons (Fsp3) is 0.118. The molecule has 2 aromatic carbocycles. The third kappa shape index (κ3) is 2.45. The molecule has 0 unspecified atom stereocenters. The van der Waals surface area contributed by atoms with Crippen LogP contribution in [0.15, 0.2) is 48.5 Å². The molecule has 0 spiro atoms. The molecule has 106 valence electrons. The summed E-state index contributed by atoms with van der Waals surface area (Å²) in [6.07, 6.45) is 0. The van der Waals surface area contributed by atoms with Gasteiger partial charge in [0, 0.05) is 23.4 Å². The van der Waals surface area contributed by atoms with E-state index < -0.39 is 0 Å². The summed E-state index contributed by atoms with van der Waals surface area (Å²) in [5.74, 6) is -0.304. The maximum absolute atomic E-state index is 14.3. The summed E-state index contributed by atoms with van der Waals surface area (Å²) in [4.78, 5) is 0. The first-order valence-corrected chi connectivity index (χ1v) is 6.80. The minimum atomic E-state index is -0.304. The van der Waals surface area contributed by atoms with Crippen molar-refractivity contribution in [3.8, 4) is 22.4 Å². The van der Waals surface area contributed by atoms with Gasteiger partial charge in [0.15, 0.2) is 0 Å². The van der Waals surface area contributed by atoms with E-state index in [1.165, 1.54) is 6.07 Å². The largest absolute Gasteiger partial charge is 0.326 e. The van der Waals surface area contributed by atoms with Crippen LogP contribution in [0.25, 0.3) is 22.4 Å². The first kappa shape index (κ1) is 13.5. The number of H-pyrrole nitrogens is 1. The molecule has 0 saturated heterocycles. The Morgan fingerprint density at radius 3 is 2.57 bits per heavy atom. The summed E-state index contributed by atoms with van der Waals surface area (Å²) in [7, 11) is 0. The Hall–Kier alpha value is -2.46. The van der Waals surface area contributed by atoms with Gasteiger partial charge in [-0.2, -0.15) is 5.10 Å². The summed E-state index contributed by atoms with van der Waals surface area (Å²) in [6, 6.07) is 14.9. The average molecular weight is 281 g/mol. The molecule has 0 amide bonds. The van der Waals surface area contributed by atoms with Gasteiger partial charge in [0.2, 0.25) is 0 Å². The maximum atomic E-state index is 14.3. The minimum absolute atomic E-state index is 0.304. The molecule has 3 rings (SSSR count). The van der Waals surface area contributed by atoms with Crippen molar-refractivity contribution in [3.63, 3.8) is 0 Å². The number of aromatic amines is 1. The standard InChI is InChI=1S/C17H16FN3/c1-11-16(13-5-3-2-4-6-13)17(21-20-11)14-8-7-12(10-19)9-15(14)18/h2-9H,10,19H2,1H3,(H,20,21). The molecule has 3 aromatic rings. The number of rotatable bonds is 3. The molecule has 0 radical (unpaired) electrons. The average Bonchev–Trinajstić information content (AvgIpc) is 2.89. The van der Waals surface area contributed by atoms with Gasteiger partial charge in [-0.3, -0.25) is 5.10 Å². The zero-order valence-corrected chi connectivity index (χ0v) is 11.7. The molecule has 4 heteroatoms. The summed E-state index contributed by atoms with van der Waals surface area (Å²) >= 11 is 0. The van der Waals surface area contributed by atoms with Crippen LogP contribution in [0, 0.1) is 12.7 Å². The zero-order chi connectivity index (χ0) is 14.8. The van der Waals surface area contributed by atoms with Crippen molar-refractivity contribution in [2.75, 3.05) is 0 Å². The van der Waals surface area contributed by atoms with Gasteiger partial charge in [-0.25, -0.2) is 4.39 Å². The van der Waals surface area contributed by atoms with E-state index in [0.29, 0.717) is 17.8 Å². The lowest BCUT2D eigenvalue weighted by atomic mass is 9.98. The number of aromatic nitrogens is 2. The highest BCUT2D eigenvalue weighted by Crippen LogP contribution is 2.34. The topological polar surface area (TPSA) is 54.7 Å². The smallest absolute Gasteiger partial charge is 0.133 e. The quantitative estimate of drug-likeness (QED) is 0.770. The summed E-state index contributed by atoms with van der Waals surface area (Å²) in [6.45, 7) is 2.26. The van der Waals surface area contributed by atoms with E-state index in [2.05, 4.69) is 10.2 Å². The monoisotopic (exact) mass is 281 g/mol. The summed E-state index contributed by atoms with van der Waals surface area (Å²) in [5.41, 5.74) is 10.3. The van der Waals surface area contributed by atoms with E-state index in [-0.39, 0.29) is 5.82 Å². The van der Waals surface area contributed by atoms with Gasteiger partial charge in [-0.15, -0.1) is 0 Å². The van der Waals surface area contributed by atoms with Crippen LogP contribution in [-0.2, 0) is 6.54 Å². The van der Waals surface area contributed by atoms with Crippen LogP contribution in [0.2, 0.25) is 0 Å². The minimum Gasteiger partial charge on any atom is -0.326 e. The first-order valence-electron chi connectivity index (χ1n) is 6.80. The molecule has 0 aliphatic rings. The van der Waals surface area contributed by atoms with Crippen molar-refractivity contribution in [2.45, 2.75) is 13.5 Å². The van der Waals surface area contributed by atoms with Crippen molar-refractivity contribution in [1.82, 2.24) is 10.2 Å². The molecule has 3 nitrogen and oxygen atoms in total. The highest BCUT2D eigenvalue weighted by molar-refractivity contribution is 5.82. The van der Waals surface area contributed by atoms with Gasteiger partial charge >= 0.3 is 0 Å². The second-order valence-electron chi connectivity index (χ2n) is 4.96. The van der Waals surface area contributed by atoms with Crippen LogP contribution < -0.4 is 5.73 Å². The lowest BCUT2D eigenvalue weighted by molar-refractivity contribution is 0.628. The molecule has 0 aliphatic carbocycles. The predicted octanol–water partition coefficient (Wildman–Crippen LogP) is 3.65. The Morgan fingerprint density at radius 1 is 1.14 bits per heavy atom. The van der Waals surface area contributed by atoms with Crippen LogP contribution in [-0.4, -0.2) is 10.2 Å². The normalized spacial score (nSPS) is 10.8. The molecular weight excluding hydrogens is 265 g/mol. The van der Waals surface area contributed by atoms with Crippen LogP contribution in [0.5, 0.6) is 0 Å². The van der Waals surface area contributed by atoms with Crippen molar-refractivity contribution in [1.29, 1.82) is 0 Å². The predicted molar refractivity (Wildman–Crippen MR) is 82.0 cm³/mol. The lowest BCUT2D eigenvalue weighted by Gasteiger charge is -2.07. The second-order valence-corrected chi connectivity index (χ2v) is 4.96. The Balaban J connectivity index is 2.17. The van der Waals surface area contributed by atoms with Crippen molar-refractivity contribution in [2.24, 2.45) is 5.73 Å². The Labute approximate surface area is 122 Å². The fourth-order valence-corrected chi connectivity index (χ4v) is 2.46. The van der Waals surface area contributed by atoms with Gasteiger partial charge in [0.1, 0.15) is 11.5 Å². The molecule has 1 aromatic heterocycles. The molecule has 0 saturated carbocycles. The molecule has 21 heavy (non-hydrogen) atoms. The van der Waals surface area contributed by atoms with Crippen molar-refractivity contribution in [3.05, 3.63) is 65.6 Å². The number of nitrogens with two attached hydrogens (primary N) is 1. The maximum Gasteiger partial charge on any atom is 0.133 e. The van der Waals surface area contributed by atoms with Gasteiger partial charge in [0.05, 0.1) is 0 Å². The number of aryl methyl sites for hydroxylation is 1. The van der Waals surface area contributed by atoms with E-state index in [9.17, 15) is 4.39 Å². The van der Waals surface area contributed by atoms with Crippen LogP contribution in [0.4, 0.5) is 4.39 Å². The SMILES string of the molecule is Cc1[nH]nc(-c2ccc(CN)cc2F)c1-c1ccccc1. The van der Waals surface area contributed by atoms with Gasteiger partial charge < -0.3 is 5.73 Å². The van der Waals surface area contributed by atoms with Gasteiger partial charge in [-0.1, -0.05) is 36.4 Å². The number of benzene rings is 2. The van der Waals surface area contributed by atoms with Crippen LogP contribution >= 0.6 is 0 Å². The Bertz CT molecular complexity index is 763. The van der Waals surface area contributed by atoms with E-state index in [1.54, 1.807) is 6.07 Å². The summed E-state index contributed by atoms with van der Waals surface area (Å²) < 4.78 is 14.3. The Kier molecular flexibility index (Phi) is 3.54. The van der Waals surface area contributed by atoms with Crippen LogP contribution in [0.1, 0.15) is 11.3 Å². The second kappa shape index (κ2) is 5.50. The van der Waals surface area contributed by atoms with Gasteiger partial charge in [0.25, 0.3) is 0 Å². The number of nitrogens with zero attached hydrogens (tertiary/aromatic N) is 1. The molecule has 3 N–H and O–H groups in total. The first-order chi connectivity index (χ1) is 10.2. The molecule has 0 fully saturated rings. The number of halogens is 1. The van der Waals surface area contributed by atoms with E-state index in [4.69, 9.17) is 5.73 Å². The molecular formula is C17H16FN3. The number of nitrogens with one attached hydrogen (secondary N) is 1. The highest BCUT2D eigenvalue weighted by Gasteiger charge is 2.17. The van der Waals surface area contributed by atoms with E-state index in [1.807, 2.05) is 43.3 Å². The van der Waals surface area contributed by atoms with Crippen molar-refractivity contribution >= 4 is 0 Å². The van der Waals surface area contributed by atoms with Crippen LogP contribution in [0.3, 0.4) is 0 Å². The molecule has 0 bridgehead atoms. The third-order valence-electron chi connectivity index (χ3n) is 3.53. The van der Waals surface area contributed by atoms with E-state index in [0.717, 1.165) is 22.4 Å². The lowest BCUT2D eigenvalue weighted by Crippen LogP contribution is -1.97. The number of hydrogen-bond acceptors (Lipinski definition) is 2. The molecule has 0 atom stereocenters.